The summed E-state index contributed by atoms with van der Waals surface area (Å²) in [6, 6.07) is 10.0. The fraction of sp³-hybridized carbons (Fsp3) is 0.368. The minimum absolute atomic E-state index is 0.214. The smallest absolute Gasteiger partial charge is 0.161 e. The molecule has 0 saturated heterocycles. The Hall–Kier alpha value is -1.14. The molecule has 6 heteroatoms. The van der Waals surface area contributed by atoms with Crippen LogP contribution in [-0.4, -0.2) is 24.4 Å². The number of thioether (sulfide) groups is 1. The van der Waals surface area contributed by atoms with Crippen LogP contribution in [-0.2, 0) is 0 Å². The van der Waals surface area contributed by atoms with Crippen LogP contribution in [0, 0.1) is 0 Å². The summed E-state index contributed by atoms with van der Waals surface area (Å²) in [5, 5.41) is 10.2. The fourth-order valence-corrected chi connectivity index (χ4v) is 4.94. The van der Waals surface area contributed by atoms with E-state index in [4.69, 9.17) is 21.1 Å². The molecule has 3 rings (SSSR count). The summed E-state index contributed by atoms with van der Waals surface area (Å²) in [6.07, 6.45) is 3.24. The van der Waals surface area contributed by atoms with Crippen molar-refractivity contribution in [3.63, 3.8) is 0 Å². The molecule has 1 aromatic heterocycles. The van der Waals surface area contributed by atoms with E-state index in [9.17, 15) is 5.11 Å². The summed E-state index contributed by atoms with van der Waals surface area (Å²) in [4.78, 5) is 2.50. The number of allylic oxidation sites excluding steroid dienone is 1. The van der Waals surface area contributed by atoms with Crippen LogP contribution in [0.5, 0.6) is 11.5 Å². The van der Waals surface area contributed by atoms with Gasteiger partial charge in [-0.3, -0.25) is 0 Å². The van der Waals surface area contributed by atoms with Crippen LogP contribution in [0.25, 0.3) is 4.91 Å². The number of thiophene rings is 1. The third kappa shape index (κ3) is 4.73. The number of methoxy groups -OCH3 is 1. The van der Waals surface area contributed by atoms with Crippen molar-refractivity contribution < 1.29 is 14.6 Å². The van der Waals surface area contributed by atoms with Gasteiger partial charge in [0.05, 0.1) is 17.0 Å². The predicted molar refractivity (Wildman–Crippen MR) is 107 cm³/mol. The maximum atomic E-state index is 9.82. The van der Waals surface area contributed by atoms with E-state index in [2.05, 4.69) is 18.2 Å². The number of hydrogen-bond donors (Lipinski definition) is 1. The SMILES string of the molecule is COc1cc(C2CC=C(c3ccc(Cl)s3)S2)ccc1OCC(C)(C)O. The molecular weight excluding hydrogens is 376 g/mol. The monoisotopic (exact) mass is 396 g/mol. The van der Waals surface area contributed by atoms with Crippen molar-refractivity contribution in [2.75, 3.05) is 13.7 Å². The number of aliphatic hydroxyl groups is 1. The molecule has 1 aromatic carbocycles. The molecule has 25 heavy (non-hydrogen) atoms. The molecule has 1 aliphatic rings. The lowest BCUT2D eigenvalue weighted by atomic mass is 10.1. The second-order valence-electron chi connectivity index (χ2n) is 6.53. The van der Waals surface area contributed by atoms with Gasteiger partial charge >= 0.3 is 0 Å². The minimum atomic E-state index is -0.883. The van der Waals surface area contributed by atoms with Crippen LogP contribution in [0.3, 0.4) is 0 Å². The molecule has 0 fully saturated rings. The van der Waals surface area contributed by atoms with E-state index in [0.717, 1.165) is 10.8 Å². The Morgan fingerprint density at radius 2 is 2.04 bits per heavy atom. The Labute approximate surface area is 161 Å². The molecule has 2 aromatic rings. The second-order valence-corrected chi connectivity index (χ2v) is 9.49. The fourth-order valence-electron chi connectivity index (χ4n) is 2.53. The predicted octanol–water partition coefficient (Wildman–Crippen LogP) is 5.78. The molecule has 1 atom stereocenters. The van der Waals surface area contributed by atoms with Crippen molar-refractivity contribution in [2.24, 2.45) is 0 Å². The van der Waals surface area contributed by atoms with E-state index in [1.165, 1.54) is 15.3 Å². The van der Waals surface area contributed by atoms with Gasteiger partial charge < -0.3 is 14.6 Å². The van der Waals surface area contributed by atoms with Gasteiger partial charge in [-0.1, -0.05) is 23.7 Å². The highest BCUT2D eigenvalue weighted by Crippen LogP contribution is 2.50. The third-order valence-electron chi connectivity index (χ3n) is 3.74. The van der Waals surface area contributed by atoms with E-state index >= 15 is 0 Å². The lowest BCUT2D eigenvalue weighted by Crippen LogP contribution is -2.27. The van der Waals surface area contributed by atoms with Crippen molar-refractivity contribution in [1.82, 2.24) is 0 Å². The van der Waals surface area contributed by atoms with Gasteiger partial charge in [-0.25, -0.2) is 0 Å². The Balaban J connectivity index is 1.71. The van der Waals surface area contributed by atoms with Crippen LogP contribution in [0.15, 0.2) is 36.4 Å². The Bertz CT molecular complexity index is 777. The van der Waals surface area contributed by atoms with Gasteiger partial charge in [-0.2, -0.15) is 0 Å². The number of benzene rings is 1. The summed E-state index contributed by atoms with van der Waals surface area (Å²) in [5.74, 6) is 1.34. The highest BCUT2D eigenvalue weighted by atomic mass is 35.5. The number of rotatable bonds is 6. The normalized spacial score (nSPS) is 17.5. The molecule has 0 radical (unpaired) electrons. The first kappa shape index (κ1) is 18.6. The van der Waals surface area contributed by atoms with Crippen LogP contribution in [0.4, 0.5) is 0 Å². The number of hydrogen-bond acceptors (Lipinski definition) is 5. The van der Waals surface area contributed by atoms with E-state index in [0.29, 0.717) is 16.7 Å². The van der Waals surface area contributed by atoms with Gasteiger partial charge in [0.25, 0.3) is 0 Å². The minimum Gasteiger partial charge on any atom is -0.493 e. The van der Waals surface area contributed by atoms with Crippen LogP contribution in [0.1, 0.15) is 36.0 Å². The standard InChI is InChI=1S/C19H21ClO3S2/c1-19(2,21)11-23-13-5-4-12(10-14(13)22-3)15-6-7-16(24-15)17-8-9-18(20)25-17/h4-5,7-10,15,21H,6,11H2,1-3H3. The lowest BCUT2D eigenvalue weighted by molar-refractivity contribution is 0.0276. The molecule has 1 unspecified atom stereocenters. The number of halogens is 1. The van der Waals surface area contributed by atoms with Gasteiger partial charge in [0.1, 0.15) is 6.61 Å². The van der Waals surface area contributed by atoms with E-state index in [1.54, 1.807) is 32.3 Å². The summed E-state index contributed by atoms with van der Waals surface area (Å²) in [7, 11) is 1.63. The van der Waals surface area contributed by atoms with Crippen molar-refractivity contribution in [2.45, 2.75) is 31.1 Å². The van der Waals surface area contributed by atoms with Gasteiger partial charge in [0.15, 0.2) is 11.5 Å². The Kier molecular flexibility index (Phi) is 5.68. The molecule has 0 spiro atoms. The molecule has 1 aliphatic heterocycles. The lowest BCUT2D eigenvalue weighted by Gasteiger charge is -2.20. The van der Waals surface area contributed by atoms with Crippen LogP contribution >= 0.6 is 34.7 Å². The molecule has 0 bridgehead atoms. The number of ether oxygens (including phenoxy) is 2. The highest BCUT2D eigenvalue weighted by Gasteiger charge is 2.23. The zero-order chi connectivity index (χ0) is 18.0. The molecule has 0 amide bonds. The summed E-state index contributed by atoms with van der Waals surface area (Å²) in [6.45, 7) is 3.64. The van der Waals surface area contributed by atoms with Crippen molar-refractivity contribution in [3.8, 4) is 11.5 Å². The van der Waals surface area contributed by atoms with E-state index in [-0.39, 0.29) is 6.61 Å². The highest BCUT2D eigenvalue weighted by molar-refractivity contribution is 8.09. The topological polar surface area (TPSA) is 38.7 Å². The average molecular weight is 397 g/mol. The molecule has 0 aliphatic carbocycles. The van der Waals surface area contributed by atoms with Crippen molar-refractivity contribution in [1.29, 1.82) is 0 Å². The Morgan fingerprint density at radius 3 is 2.68 bits per heavy atom. The molecule has 1 N–H and O–H groups in total. The first-order valence-electron chi connectivity index (χ1n) is 8.01. The van der Waals surface area contributed by atoms with E-state index < -0.39 is 5.60 Å². The van der Waals surface area contributed by atoms with Crippen LogP contribution < -0.4 is 9.47 Å². The molecular formula is C19H21ClO3S2. The van der Waals surface area contributed by atoms with Gasteiger partial charge in [-0.05, 0) is 50.1 Å². The van der Waals surface area contributed by atoms with Gasteiger partial charge in [0.2, 0.25) is 0 Å². The third-order valence-corrected chi connectivity index (χ3v) is 6.53. The summed E-state index contributed by atoms with van der Waals surface area (Å²) >= 11 is 9.50. The Morgan fingerprint density at radius 1 is 1.24 bits per heavy atom. The zero-order valence-electron chi connectivity index (χ0n) is 14.4. The quantitative estimate of drug-likeness (QED) is 0.671. The zero-order valence-corrected chi connectivity index (χ0v) is 16.8. The van der Waals surface area contributed by atoms with Gasteiger partial charge in [-0.15, -0.1) is 23.1 Å². The second kappa shape index (κ2) is 7.62. The largest absolute Gasteiger partial charge is 0.493 e. The van der Waals surface area contributed by atoms with Gasteiger partial charge in [0, 0.05) is 15.0 Å². The first-order chi connectivity index (χ1) is 11.9. The maximum absolute atomic E-state index is 9.82. The molecule has 0 saturated carbocycles. The molecule has 134 valence electrons. The van der Waals surface area contributed by atoms with E-state index in [1.807, 2.05) is 30.0 Å². The first-order valence-corrected chi connectivity index (χ1v) is 10.1. The average Bonchev–Trinajstić information content (AvgIpc) is 3.21. The molecule has 2 heterocycles. The summed E-state index contributed by atoms with van der Waals surface area (Å²) in [5.41, 5.74) is 0.317. The molecule has 3 nitrogen and oxygen atoms in total. The maximum Gasteiger partial charge on any atom is 0.161 e. The van der Waals surface area contributed by atoms with Crippen LogP contribution in [0.2, 0.25) is 4.34 Å². The van der Waals surface area contributed by atoms with Crippen molar-refractivity contribution >= 4 is 39.6 Å². The van der Waals surface area contributed by atoms with Crippen molar-refractivity contribution in [3.05, 3.63) is 51.2 Å². The summed E-state index contributed by atoms with van der Waals surface area (Å²) < 4.78 is 12.0.